The summed E-state index contributed by atoms with van der Waals surface area (Å²) in [5, 5.41) is 2.59. The van der Waals surface area contributed by atoms with Gasteiger partial charge >= 0.3 is 11.8 Å². The number of nitrogens with one attached hydrogen (secondary N) is 1. The molecule has 0 unspecified atom stereocenters. The van der Waals surface area contributed by atoms with E-state index in [4.69, 9.17) is 0 Å². The summed E-state index contributed by atoms with van der Waals surface area (Å²) in [5.41, 5.74) is 0.834. The number of anilines is 1. The van der Waals surface area contributed by atoms with E-state index >= 15 is 0 Å². The van der Waals surface area contributed by atoms with Crippen molar-refractivity contribution in [2.75, 3.05) is 32.5 Å². The number of rotatable bonds is 2. The molecule has 0 aromatic carbocycles. The van der Waals surface area contributed by atoms with Gasteiger partial charge in [0, 0.05) is 19.3 Å². The van der Waals surface area contributed by atoms with E-state index in [1.165, 1.54) is 0 Å². The van der Waals surface area contributed by atoms with Gasteiger partial charge in [0.15, 0.2) is 0 Å². The number of nitrogens with zero attached hydrogens (tertiary/aromatic N) is 3. The Morgan fingerprint density at radius 1 is 1.38 bits per heavy atom. The molecule has 1 aliphatic rings. The maximum Gasteiger partial charge on any atom is 0.315 e. The molecule has 1 aromatic heterocycles. The predicted molar refractivity (Wildman–Crippen MR) is 80.9 cm³/mol. The molecule has 0 atom stereocenters. The molecule has 0 saturated carbocycles. The maximum atomic E-state index is 12.2. The number of pyridine rings is 1. The van der Waals surface area contributed by atoms with E-state index in [9.17, 15) is 9.59 Å². The molecular formula is C15H22N4O2. The van der Waals surface area contributed by atoms with Gasteiger partial charge in [-0.1, -0.05) is 6.07 Å². The monoisotopic (exact) mass is 290 g/mol. The SMILES string of the molecule is Cc1cccnc1NC(=O)C(=O)N(C)C1CCN(C)CC1. The molecule has 2 amide bonds. The van der Waals surface area contributed by atoms with Crippen molar-refractivity contribution < 1.29 is 9.59 Å². The van der Waals surface area contributed by atoms with Gasteiger partial charge in [-0.05, 0) is 51.5 Å². The van der Waals surface area contributed by atoms with Crippen molar-refractivity contribution in [2.45, 2.75) is 25.8 Å². The first kappa shape index (κ1) is 15.4. The lowest BCUT2D eigenvalue weighted by Crippen LogP contribution is -2.48. The molecule has 2 rings (SSSR count). The minimum Gasteiger partial charge on any atom is -0.334 e. The van der Waals surface area contributed by atoms with Crippen molar-refractivity contribution in [3.63, 3.8) is 0 Å². The smallest absolute Gasteiger partial charge is 0.315 e. The molecule has 1 N–H and O–H groups in total. The molecule has 0 radical (unpaired) electrons. The van der Waals surface area contributed by atoms with E-state index < -0.39 is 11.8 Å². The summed E-state index contributed by atoms with van der Waals surface area (Å²) in [6.45, 7) is 3.74. The van der Waals surface area contributed by atoms with Crippen LogP contribution in [-0.4, -0.2) is 59.8 Å². The first-order valence-corrected chi connectivity index (χ1v) is 7.17. The van der Waals surface area contributed by atoms with Crippen LogP contribution in [0.5, 0.6) is 0 Å². The zero-order chi connectivity index (χ0) is 15.4. The molecule has 2 heterocycles. The lowest BCUT2D eigenvalue weighted by atomic mass is 10.0. The Bertz CT molecular complexity index is 524. The molecule has 21 heavy (non-hydrogen) atoms. The number of likely N-dealkylation sites (N-methyl/N-ethyl adjacent to an activating group) is 1. The Kier molecular flexibility index (Phi) is 4.90. The van der Waals surface area contributed by atoms with Crippen LogP contribution in [0.15, 0.2) is 18.3 Å². The van der Waals surface area contributed by atoms with E-state index in [0.717, 1.165) is 31.5 Å². The quantitative estimate of drug-likeness (QED) is 0.821. The van der Waals surface area contributed by atoms with Crippen LogP contribution in [0.1, 0.15) is 18.4 Å². The van der Waals surface area contributed by atoms with Crippen molar-refractivity contribution >= 4 is 17.6 Å². The number of carbonyl (C=O) groups excluding carboxylic acids is 2. The van der Waals surface area contributed by atoms with Gasteiger partial charge in [-0.2, -0.15) is 0 Å². The topological polar surface area (TPSA) is 65.5 Å². The van der Waals surface area contributed by atoms with Crippen molar-refractivity contribution in [3.8, 4) is 0 Å². The maximum absolute atomic E-state index is 12.2. The van der Waals surface area contributed by atoms with Crippen LogP contribution in [0.3, 0.4) is 0 Å². The number of aryl methyl sites for hydroxylation is 1. The number of carbonyl (C=O) groups is 2. The molecule has 6 heteroatoms. The highest BCUT2D eigenvalue weighted by Crippen LogP contribution is 2.15. The second-order valence-electron chi connectivity index (χ2n) is 5.57. The minimum atomic E-state index is -0.627. The van der Waals surface area contributed by atoms with Gasteiger partial charge in [0.2, 0.25) is 0 Å². The Labute approximate surface area is 125 Å². The lowest BCUT2D eigenvalue weighted by molar-refractivity contribution is -0.144. The summed E-state index contributed by atoms with van der Waals surface area (Å²) in [5.74, 6) is -0.694. The minimum absolute atomic E-state index is 0.129. The van der Waals surface area contributed by atoms with Gasteiger partial charge in [0.05, 0.1) is 0 Å². The second kappa shape index (κ2) is 6.67. The molecule has 1 aliphatic heterocycles. The predicted octanol–water partition coefficient (Wildman–Crippen LogP) is 0.881. The highest BCUT2D eigenvalue weighted by atomic mass is 16.2. The molecule has 1 aromatic rings. The van der Waals surface area contributed by atoms with Crippen LogP contribution in [0.2, 0.25) is 0 Å². The zero-order valence-corrected chi connectivity index (χ0v) is 12.8. The fraction of sp³-hybridized carbons (Fsp3) is 0.533. The van der Waals surface area contributed by atoms with Crippen molar-refractivity contribution in [1.29, 1.82) is 0 Å². The molecular weight excluding hydrogens is 268 g/mol. The normalized spacial score (nSPS) is 16.5. The first-order valence-electron chi connectivity index (χ1n) is 7.17. The Hall–Kier alpha value is -1.95. The van der Waals surface area contributed by atoms with Crippen molar-refractivity contribution in [2.24, 2.45) is 0 Å². The number of hydrogen-bond donors (Lipinski definition) is 1. The van der Waals surface area contributed by atoms with Crippen LogP contribution in [0.25, 0.3) is 0 Å². The highest BCUT2D eigenvalue weighted by molar-refractivity contribution is 6.39. The molecule has 0 bridgehead atoms. The average molecular weight is 290 g/mol. The average Bonchev–Trinajstić information content (AvgIpc) is 2.49. The largest absolute Gasteiger partial charge is 0.334 e. The van der Waals surface area contributed by atoms with Gasteiger partial charge in [-0.25, -0.2) is 4.98 Å². The van der Waals surface area contributed by atoms with Crippen LogP contribution in [0.4, 0.5) is 5.82 Å². The van der Waals surface area contributed by atoms with E-state index in [1.54, 1.807) is 24.2 Å². The van der Waals surface area contributed by atoms with Crippen LogP contribution < -0.4 is 5.32 Å². The molecule has 6 nitrogen and oxygen atoms in total. The van der Waals surface area contributed by atoms with Crippen LogP contribution >= 0.6 is 0 Å². The third-order valence-electron chi connectivity index (χ3n) is 3.99. The van der Waals surface area contributed by atoms with Gasteiger partial charge in [0.1, 0.15) is 5.82 Å². The van der Waals surface area contributed by atoms with E-state index in [2.05, 4.69) is 22.2 Å². The number of aromatic nitrogens is 1. The molecule has 0 aliphatic carbocycles. The molecule has 1 fully saturated rings. The van der Waals surface area contributed by atoms with Crippen LogP contribution in [0, 0.1) is 6.92 Å². The van der Waals surface area contributed by atoms with Gasteiger partial charge in [-0.15, -0.1) is 0 Å². The van der Waals surface area contributed by atoms with Gasteiger partial charge in [-0.3, -0.25) is 9.59 Å². The fourth-order valence-corrected chi connectivity index (χ4v) is 2.49. The number of likely N-dealkylation sites (tertiary alicyclic amines) is 1. The third kappa shape index (κ3) is 3.78. The Morgan fingerprint density at radius 3 is 2.67 bits per heavy atom. The molecule has 0 spiro atoms. The van der Waals surface area contributed by atoms with Gasteiger partial charge < -0.3 is 15.1 Å². The number of piperidine rings is 1. The summed E-state index contributed by atoms with van der Waals surface area (Å²) in [6, 6.07) is 3.76. The highest BCUT2D eigenvalue weighted by Gasteiger charge is 2.28. The van der Waals surface area contributed by atoms with E-state index in [1.807, 2.05) is 13.0 Å². The Balaban J connectivity index is 1.96. The second-order valence-corrected chi connectivity index (χ2v) is 5.57. The van der Waals surface area contributed by atoms with Crippen molar-refractivity contribution in [3.05, 3.63) is 23.9 Å². The molecule has 1 saturated heterocycles. The van der Waals surface area contributed by atoms with Crippen LogP contribution in [-0.2, 0) is 9.59 Å². The van der Waals surface area contributed by atoms with Gasteiger partial charge in [0.25, 0.3) is 0 Å². The number of amides is 2. The first-order chi connectivity index (χ1) is 9.99. The molecule has 114 valence electrons. The van der Waals surface area contributed by atoms with E-state index in [0.29, 0.717) is 5.82 Å². The number of hydrogen-bond acceptors (Lipinski definition) is 4. The summed E-state index contributed by atoms with van der Waals surface area (Å²) in [4.78, 5) is 32.1. The summed E-state index contributed by atoms with van der Waals surface area (Å²) < 4.78 is 0. The third-order valence-corrected chi connectivity index (χ3v) is 3.99. The standard InChI is InChI=1S/C15H22N4O2/c1-11-5-4-8-16-13(11)17-14(20)15(21)19(3)12-6-9-18(2)10-7-12/h4-5,8,12H,6-7,9-10H2,1-3H3,(H,16,17,20). The Morgan fingerprint density at radius 2 is 2.05 bits per heavy atom. The zero-order valence-electron chi connectivity index (χ0n) is 12.8. The summed E-state index contributed by atoms with van der Waals surface area (Å²) >= 11 is 0. The van der Waals surface area contributed by atoms with Crippen molar-refractivity contribution in [1.82, 2.24) is 14.8 Å². The fourth-order valence-electron chi connectivity index (χ4n) is 2.49. The summed E-state index contributed by atoms with van der Waals surface area (Å²) in [7, 11) is 3.76. The van der Waals surface area contributed by atoms with E-state index in [-0.39, 0.29) is 6.04 Å². The summed E-state index contributed by atoms with van der Waals surface area (Å²) in [6.07, 6.45) is 3.39. The lowest BCUT2D eigenvalue weighted by Gasteiger charge is -2.34.